The van der Waals surface area contributed by atoms with Crippen molar-refractivity contribution in [3.8, 4) is 0 Å². The molecule has 3 rings (SSSR count). The molecule has 1 amide bonds. The highest BCUT2D eigenvalue weighted by Gasteiger charge is 2.24. The van der Waals surface area contributed by atoms with Gasteiger partial charge in [0.25, 0.3) is 0 Å². The van der Waals surface area contributed by atoms with E-state index in [-0.39, 0.29) is 23.4 Å². The number of amides is 1. The standard InChI is InChI=1S/C21H21BrN2O3S/c1-15(17-8-5-9-19(22)12-17)23-21(25)14-24(2)28(26,27)20-11-10-16-6-3-4-7-18(16)13-20/h3-13,15H,14H2,1-2H3,(H,23,25)/t15-/m1/s1. The molecule has 0 saturated heterocycles. The number of rotatable bonds is 6. The number of halogens is 1. The largest absolute Gasteiger partial charge is 0.348 e. The Morgan fingerprint density at radius 3 is 2.46 bits per heavy atom. The van der Waals surface area contributed by atoms with Crippen LogP contribution < -0.4 is 5.32 Å². The summed E-state index contributed by atoms with van der Waals surface area (Å²) in [5, 5.41) is 4.64. The molecule has 7 heteroatoms. The summed E-state index contributed by atoms with van der Waals surface area (Å²) in [6, 6.07) is 19.9. The van der Waals surface area contributed by atoms with Crippen molar-refractivity contribution in [3.05, 3.63) is 76.8 Å². The number of carbonyl (C=O) groups is 1. The monoisotopic (exact) mass is 460 g/mol. The molecule has 0 radical (unpaired) electrons. The van der Waals surface area contributed by atoms with E-state index in [9.17, 15) is 13.2 Å². The SMILES string of the molecule is C[C@@H](NC(=O)CN(C)S(=O)(=O)c1ccc2ccccc2c1)c1cccc(Br)c1. The Morgan fingerprint density at radius 1 is 1.04 bits per heavy atom. The van der Waals surface area contributed by atoms with Gasteiger partial charge in [0.05, 0.1) is 17.5 Å². The first kappa shape index (κ1) is 20.5. The van der Waals surface area contributed by atoms with Crippen LogP contribution in [-0.2, 0) is 14.8 Å². The third kappa shape index (κ3) is 4.60. The second-order valence-corrected chi connectivity index (χ2v) is 9.57. The van der Waals surface area contributed by atoms with E-state index in [1.807, 2.05) is 55.5 Å². The molecule has 0 spiro atoms. The van der Waals surface area contributed by atoms with Gasteiger partial charge in [0, 0.05) is 11.5 Å². The molecular formula is C21H21BrN2O3S. The van der Waals surface area contributed by atoms with Crippen molar-refractivity contribution in [2.24, 2.45) is 0 Å². The molecule has 0 aliphatic heterocycles. The minimum atomic E-state index is -3.77. The average molecular weight is 461 g/mol. The topological polar surface area (TPSA) is 66.5 Å². The van der Waals surface area contributed by atoms with Gasteiger partial charge in [-0.1, -0.05) is 58.4 Å². The molecule has 1 atom stereocenters. The van der Waals surface area contributed by atoms with Gasteiger partial charge in [-0.25, -0.2) is 8.42 Å². The van der Waals surface area contributed by atoms with Crippen LogP contribution in [0, 0.1) is 0 Å². The number of likely N-dealkylation sites (N-methyl/N-ethyl adjacent to an activating group) is 1. The number of nitrogens with zero attached hydrogens (tertiary/aromatic N) is 1. The number of sulfonamides is 1. The zero-order chi connectivity index (χ0) is 20.3. The summed E-state index contributed by atoms with van der Waals surface area (Å²) in [5.74, 6) is -0.362. The lowest BCUT2D eigenvalue weighted by Gasteiger charge is -2.20. The zero-order valence-corrected chi connectivity index (χ0v) is 18.0. The van der Waals surface area contributed by atoms with Crippen LogP contribution in [0.25, 0.3) is 10.8 Å². The van der Waals surface area contributed by atoms with E-state index >= 15 is 0 Å². The molecule has 3 aromatic rings. The van der Waals surface area contributed by atoms with Gasteiger partial charge in [-0.15, -0.1) is 0 Å². The first-order valence-corrected chi connectivity index (χ1v) is 11.0. The molecule has 0 aliphatic carbocycles. The lowest BCUT2D eigenvalue weighted by Crippen LogP contribution is -2.39. The Hall–Kier alpha value is -2.22. The van der Waals surface area contributed by atoms with Crippen LogP contribution in [0.4, 0.5) is 0 Å². The highest BCUT2D eigenvalue weighted by molar-refractivity contribution is 9.10. The number of carbonyl (C=O) groups excluding carboxylic acids is 1. The lowest BCUT2D eigenvalue weighted by atomic mass is 10.1. The van der Waals surface area contributed by atoms with E-state index in [2.05, 4.69) is 21.2 Å². The van der Waals surface area contributed by atoms with Crippen molar-refractivity contribution >= 4 is 42.6 Å². The normalized spacial score (nSPS) is 12.9. The van der Waals surface area contributed by atoms with Gasteiger partial charge in [0.15, 0.2) is 0 Å². The first-order valence-electron chi connectivity index (χ1n) is 8.77. The van der Waals surface area contributed by atoms with Gasteiger partial charge < -0.3 is 5.32 Å². The van der Waals surface area contributed by atoms with Gasteiger partial charge in [-0.2, -0.15) is 4.31 Å². The summed E-state index contributed by atoms with van der Waals surface area (Å²) in [7, 11) is -2.36. The molecule has 3 aromatic carbocycles. The number of nitrogens with one attached hydrogen (secondary N) is 1. The van der Waals surface area contributed by atoms with Crippen molar-refractivity contribution in [1.82, 2.24) is 9.62 Å². The minimum absolute atomic E-state index is 0.168. The van der Waals surface area contributed by atoms with Gasteiger partial charge in [0.1, 0.15) is 0 Å². The van der Waals surface area contributed by atoms with Crippen LogP contribution >= 0.6 is 15.9 Å². The molecule has 0 heterocycles. The molecule has 1 N–H and O–H groups in total. The summed E-state index contributed by atoms with van der Waals surface area (Å²) < 4.78 is 27.7. The van der Waals surface area contributed by atoms with Gasteiger partial charge in [0.2, 0.25) is 15.9 Å². The van der Waals surface area contributed by atoms with Gasteiger partial charge in [-0.05, 0) is 47.5 Å². The third-order valence-electron chi connectivity index (χ3n) is 4.52. The molecule has 0 bridgehead atoms. The highest BCUT2D eigenvalue weighted by atomic mass is 79.9. The van der Waals surface area contributed by atoms with Crippen molar-refractivity contribution in [3.63, 3.8) is 0 Å². The smallest absolute Gasteiger partial charge is 0.243 e. The fourth-order valence-corrected chi connectivity index (χ4v) is 4.52. The Balaban J connectivity index is 1.71. The maximum Gasteiger partial charge on any atom is 0.243 e. The van der Waals surface area contributed by atoms with E-state index < -0.39 is 10.0 Å². The third-order valence-corrected chi connectivity index (χ3v) is 6.81. The lowest BCUT2D eigenvalue weighted by molar-refractivity contribution is -0.121. The molecule has 0 unspecified atom stereocenters. The van der Waals surface area contributed by atoms with E-state index in [1.165, 1.54) is 7.05 Å². The van der Waals surface area contributed by atoms with Crippen LogP contribution in [0.5, 0.6) is 0 Å². The summed E-state index contributed by atoms with van der Waals surface area (Å²) >= 11 is 3.41. The second-order valence-electron chi connectivity index (χ2n) is 6.61. The van der Waals surface area contributed by atoms with Crippen molar-refractivity contribution in [2.45, 2.75) is 17.9 Å². The van der Waals surface area contributed by atoms with Crippen molar-refractivity contribution in [1.29, 1.82) is 0 Å². The van der Waals surface area contributed by atoms with Crippen LogP contribution in [0.2, 0.25) is 0 Å². The summed E-state index contributed by atoms with van der Waals surface area (Å²) in [6.07, 6.45) is 0. The van der Waals surface area contributed by atoms with Crippen LogP contribution in [0.1, 0.15) is 18.5 Å². The number of hydrogen-bond acceptors (Lipinski definition) is 3. The number of fused-ring (bicyclic) bond motifs is 1. The minimum Gasteiger partial charge on any atom is -0.348 e. The zero-order valence-electron chi connectivity index (χ0n) is 15.6. The summed E-state index contributed by atoms with van der Waals surface area (Å²) in [6.45, 7) is 1.60. The molecule has 0 aliphatic rings. The quantitative estimate of drug-likeness (QED) is 0.601. The van der Waals surface area contributed by atoms with E-state index in [0.717, 1.165) is 25.1 Å². The molecular weight excluding hydrogens is 440 g/mol. The predicted octanol–water partition coefficient (Wildman–Crippen LogP) is 4.10. The molecule has 5 nitrogen and oxygen atoms in total. The second kappa shape index (κ2) is 8.43. The Morgan fingerprint density at radius 2 is 1.75 bits per heavy atom. The molecule has 0 saturated carbocycles. The van der Waals surface area contributed by atoms with E-state index in [4.69, 9.17) is 0 Å². The van der Waals surface area contributed by atoms with Crippen molar-refractivity contribution in [2.75, 3.05) is 13.6 Å². The maximum absolute atomic E-state index is 12.9. The van der Waals surface area contributed by atoms with E-state index in [0.29, 0.717) is 0 Å². The molecule has 0 aromatic heterocycles. The Labute approximate surface area is 173 Å². The van der Waals surface area contributed by atoms with Crippen LogP contribution in [0.15, 0.2) is 76.1 Å². The number of benzene rings is 3. The first-order chi connectivity index (χ1) is 13.3. The summed E-state index contributed by atoms with van der Waals surface area (Å²) in [4.78, 5) is 12.6. The fourth-order valence-electron chi connectivity index (χ4n) is 2.94. The molecule has 146 valence electrons. The van der Waals surface area contributed by atoms with Gasteiger partial charge >= 0.3 is 0 Å². The average Bonchev–Trinajstić information content (AvgIpc) is 2.67. The maximum atomic E-state index is 12.9. The van der Waals surface area contributed by atoms with E-state index in [1.54, 1.807) is 18.2 Å². The van der Waals surface area contributed by atoms with Crippen LogP contribution in [0.3, 0.4) is 0 Å². The molecule has 28 heavy (non-hydrogen) atoms. The Bertz CT molecular complexity index is 1120. The van der Waals surface area contributed by atoms with Gasteiger partial charge in [-0.3, -0.25) is 4.79 Å². The number of hydrogen-bond donors (Lipinski definition) is 1. The fraction of sp³-hybridized carbons (Fsp3) is 0.190. The highest BCUT2D eigenvalue weighted by Crippen LogP contribution is 2.21. The van der Waals surface area contributed by atoms with Crippen molar-refractivity contribution < 1.29 is 13.2 Å². The predicted molar refractivity (Wildman–Crippen MR) is 114 cm³/mol. The summed E-state index contributed by atoms with van der Waals surface area (Å²) in [5.41, 5.74) is 0.933. The van der Waals surface area contributed by atoms with Crippen LogP contribution in [-0.4, -0.2) is 32.2 Å². The molecule has 0 fully saturated rings. The Kier molecular flexibility index (Phi) is 6.17.